The molecule has 0 fully saturated rings. The van der Waals surface area contributed by atoms with E-state index in [4.69, 9.17) is 27.9 Å². The predicted octanol–water partition coefficient (Wildman–Crippen LogP) is 6.43. The summed E-state index contributed by atoms with van der Waals surface area (Å²) in [5.41, 5.74) is 1.26. The molecule has 1 aliphatic rings. The monoisotopic (exact) mass is 533 g/mol. The minimum atomic E-state index is -3.99. The number of sulfonamides is 1. The van der Waals surface area contributed by atoms with Crippen molar-refractivity contribution in [1.29, 1.82) is 0 Å². The Balaban J connectivity index is 1.86. The summed E-state index contributed by atoms with van der Waals surface area (Å²) >= 11 is 12.8. The van der Waals surface area contributed by atoms with Crippen molar-refractivity contribution in [3.63, 3.8) is 0 Å². The molecule has 184 valence electrons. The summed E-state index contributed by atoms with van der Waals surface area (Å²) < 4.78 is 35.1. The average Bonchev–Trinajstić information content (AvgIpc) is 2.78. The van der Waals surface area contributed by atoms with E-state index in [1.807, 2.05) is 13.0 Å². The topological polar surface area (TPSA) is 83.9 Å². The van der Waals surface area contributed by atoms with Crippen LogP contribution in [-0.2, 0) is 14.8 Å². The summed E-state index contributed by atoms with van der Waals surface area (Å²) in [6.45, 7) is 4.97. The largest absolute Gasteiger partial charge is 0.486 e. The first kappa shape index (κ1) is 25.4. The highest BCUT2D eigenvalue weighted by Crippen LogP contribution is 2.44. The fraction of sp³-hybridized carbons (Fsp3) is 0.269. The molecule has 1 atom stereocenters. The summed E-state index contributed by atoms with van der Waals surface area (Å²) in [5, 5.41) is 10.5. The summed E-state index contributed by atoms with van der Waals surface area (Å²) in [6, 6.07) is 16.9. The van der Waals surface area contributed by atoms with E-state index in [-0.39, 0.29) is 17.9 Å². The average molecular weight is 534 g/mol. The number of carboxylic acid groups (broad SMARTS) is 1. The van der Waals surface area contributed by atoms with Crippen LogP contribution in [0.5, 0.6) is 5.75 Å². The SMILES string of the molecule is Cc1cccc(S(=O)(=O)N2C[C@H](CC(C)(C)C(=O)O)Oc3ccc(-c4c(Cl)cccc4Cl)cc32)c1. The van der Waals surface area contributed by atoms with Crippen LogP contribution >= 0.6 is 23.2 Å². The van der Waals surface area contributed by atoms with E-state index in [0.29, 0.717) is 32.6 Å². The van der Waals surface area contributed by atoms with Gasteiger partial charge in [-0.1, -0.05) is 47.5 Å². The van der Waals surface area contributed by atoms with Crippen LogP contribution in [0, 0.1) is 12.3 Å². The zero-order valence-corrected chi connectivity index (χ0v) is 21.8. The highest BCUT2D eigenvalue weighted by Gasteiger charge is 2.39. The first-order valence-electron chi connectivity index (χ1n) is 11.0. The maximum atomic E-state index is 13.8. The van der Waals surface area contributed by atoms with E-state index in [9.17, 15) is 18.3 Å². The summed E-state index contributed by atoms with van der Waals surface area (Å²) in [5.74, 6) is -0.644. The number of hydrogen-bond acceptors (Lipinski definition) is 4. The van der Waals surface area contributed by atoms with Gasteiger partial charge in [0.15, 0.2) is 0 Å². The van der Waals surface area contributed by atoms with Crippen LogP contribution in [0.2, 0.25) is 10.0 Å². The summed E-state index contributed by atoms with van der Waals surface area (Å²) in [4.78, 5) is 11.9. The number of anilines is 1. The fourth-order valence-corrected chi connectivity index (χ4v) is 6.35. The molecule has 4 rings (SSSR count). The van der Waals surface area contributed by atoms with E-state index in [0.717, 1.165) is 5.56 Å². The van der Waals surface area contributed by atoms with Crippen molar-refractivity contribution in [1.82, 2.24) is 0 Å². The molecule has 0 aromatic heterocycles. The lowest BCUT2D eigenvalue weighted by molar-refractivity contribution is -0.148. The standard InChI is InChI=1S/C26H25Cl2NO5S/c1-16-6-4-7-19(12-16)35(32,33)29-15-18(14-26(2,3)25(30)31)34-23-11-10-17(13-22(23)29)24-20(27)8-5-9-21(24)28/h4-13,18H,14-15H2,1-3H3,(H,30,31)/t18-/m0/s1. The van der Waals surface area contributed by atoms with Gasteiger partial charge < -0.3 is 9.84 Å². The van der Waals surface area contributed by atoms with Crippen LogP contribution in [-0.4, -0.2) is 32.1 Å². The molecule has 0 saturated carbocycles. The Morgan fingerprint density at radius 1 is 1.09 bits per heavy atom. The molecule has 0 aliphatic carbocycles. The second kappa shape index (κ2) is 9.37. The van der Waals surface area contributed by atoms with Gasteiger partial charge in [0.1, 0.15) is 11.9 Å². The minimum absolute atomic E-state index is 0.0420. The molecule has 1 N–H and O–H groups in total. The van der Waals surface area contributed by atoms with Gasteiger partial charge in [-0.25, -0.2) is 8.42 Å². The van der Waals surface area contributed by atoms with E-state index in [1.165, 1.54) is 4.31 Å². The van der Waals surface area contributed by atoms with Crippen LogP contribution in [0.3, 0.4) is 0 Å². The van der Waals surface area contributed by atoms with Crippen molar-refractivity contribution < 1.29 is 23.1 Å². The van der Waals surface area contributed by atoms with E-state index >= 15 is 0 Å². The van der Waals surface area contributed by atoms with Gasteiger partial charge in [0.25, 0.3) is 10.0 Å². The first-order valence-corrected chi connectivity index (χ1v) is 13.2. The zero-order chi connectivity index (χ0) is 25.5. The Bertz CT molecular complexity index is 1380. The maximum Gasteiger partial charge on any atom is 0.309 e. The minimum Gasteiger partial charge on any atom is -0.486 e. The molecule has 3 aromatic rings. The lowest BCUT2D eigenvalue weighted by Gasteiger charge is -2.38. The Morgan fingerprint density at radius 3 is 2.37 bits per heavy atom. The molecule has 0 saturated heterocycles. The molecule has 0 radical (unpaired) electrons. The summed E-state index contributed by atoms with van der Waals surface area (Å²) in [6.07, 6.45) is -0.539. The second-order valence-electron chi connectivity index (χ2n) is 9.26. The highest BCUT2D eigenvalue weighted by molar-refractivity contribution is 7.92. The molecule has 1 aliphatic heterocycles. The number of hydrogen-bond donors (Lipinski definition) is 1. The van der Waals surface area contributed by atoms with Crippen molar-refractivity contribution in [2.24, 2.45) is 5.41 Å². The predicted molar refractivity (Wildman–Crippen MR) is 138 cm³/mol. The van der Waals surface area contributed by atoms with E-state index in [1.54, 1.807) is 68.4 Å². The molecule has 6 nitrogen and oxygen atoms in total. The number of halogens is 2. The smallest absolute Gasteiger partial charge is 0.309 e. The Labute approximate surface area is 215 Å². The fourth-order valence-electron chi connectivity index (χ4n) is 4.13. The number of rotatable bonds is 6. The Morgan fingerprint density at radius 2 is 1.74 bits per heavy atom. The molecule has 0 bridgehead atoms. The molecular formula is C26H25Cl2NO5S. The second-order valence-corrected chi connectivity index (χ2v) is 11.9. The third-order valence-corrected chi connectivity index (χ3v) is 8.44. The number of benzene rings is 3. The number of carbonyl (C=O) groups is 1. The lowest BCUT2D eigenvalue weighted by Crippen LogP contribution is -2.46. The third-order valence-electron chi connectivity index (χ3n) is 6.04. The third kappa shape index (κ3) is 4.99. The van der Waals surface area contributed by atoms with Crippen LogP contribution in [0.1, 0.15) is 25.8 Å². The van der Waals surface area contributed by atoms with Crippen molar-refractivity contribution >= 4 is 44.9 Å². The molecule has 0 unspecified atom stereocenters. The maximum absolute atomic E-state index is 13.8. The van der Waals surface area contributed by atoms with E-state index in [2.05, 4.69) is 0 Å². The van der Waals surface area contributed by atoms with Crippen molar-refractivity contribution in [2.45, 2.75) is 38.2 Å². The van der Waals surface area contributed by atoms with Gasteiger partial charge in [-0.15, -0.1) is 0 Å². The molecule has 0 amide bonds. The van der Waals surface area contributed by atoms with Crippen molar-refractivity contribution in [3.05, 3.63) is 76.3 Å². The number of carboxylic acids is 1. The van der Waals surface area contributed by atoms with Gasteiger partial charge in [0, 0.05) is 22.0 Å². The highest BCUT2D eigenvalue weighted by atomic mass is 35.5. The molecule has 35 heavy (non-hydrogen) atoms. The van der Waals surface area contributed by atoms with E-state index < -0.39 is 27.5 Å². The normalized spacial score (nSPS) is 15.9. The molecule has 9 heteroatoms. The van der Waals surface area contributed by atoms with Gasteiger partial charge in [0.2, 0.25) is 0 Å². The first-order chi connectivity index (χ1) is 16.4. The zero-order valence-electron chi connectivity index (χ0n) is 19.5. The number of aliphatic carboxylic acids is 1. The van der Waals surface area contributed by atoms with Crippen LogP contribution in [0.25, 0.3) is 11.1 Å². The van der Waals surface area contributed by atoms with Gasteiger partial charge in [-0.3, -0.25) is 9.10 Å². The van der Waals surface area contributed by atoms with Crippen LogP contribution in [0.15, 0.2) is 65.6 Å². The lowest BCUT2D eigenvalue weighted by atomic mass is 9.86. The quantitative estimate of drug-likeness (QED) is 0.394. The molecule has 3 aromatic carbocycles. The van der Waals surface area contributed by atoms with Gasteiger partial charge in [0.05, 0.1) is 22.5 Å². The van der Waals surface area contributed by atoms with Crippen LogP contribution < -0.4 is 9.04 Å². The Hall–Kier alpha value is -2.74. The number of aryl methyl sites for hydroxylation is 1. The van der Waals surface area contributed by atoms with Gasteiger partial charge in [-0.05, 0) is 68.3 Å². The van der Waals surface area contributed by atoms with Crippen molar-refractivity contribution in [3.8, 4) is 16.9 Å². The summed E-state index contributed by atoms with van der Waals surface area (Å²) in [7, 11) is -3.99. The molecule has 0 spiro atoms. The number of fused-ring (bicyclic) bond motifs is 1. The van der Waals surface area contributed by atoms with Gasteiger partial charge >= 0.3 is 5.97 Å². The molecular weight excluding hydrogens is 509 g/mol. The number of nitrogens with zero attached hydrogens (tertiary/aromatic N) is 1. The molecule has 1 heterocycles. The van der Waals surface area contributed by atoms with Gasteiger partial charge in [-0.2, -0.15) is 0 Å². The van der Waals surface area contributed by atoms with Crippen LogP contribution in [0.4, 0.5) is 5.69 Å². The van der Waals surface area contributed by atoms with Crippen molar-refractivity contribution in [2.75, 3.05) is 10.8 Å². The number of ether oxygens (including phenoxy) is 1. The Kier molecular flexibility index (Phi) is 6.79.